The molecule has 2 aromatic heterocycles. The maximum atomic E-state index is 13.0. The SMILES string of the molecule is CC1CN(C(=O)c2cnn3cccnc23)CCN1S(=O)(=O)c1ccc(OC(F)(F)F)cc1. The van der Waals surface area contributed by atoms with E-state index in [1.165, 1.54) is 19.9 Å². The highest BCUT2D eigenvalue weighted by molar-refractivity contribution is 7.89. The summed E-state index contributed by atoms with van der Waals surface area (Å²) in [6.07, 6.45) is -0.236. The number of nitrogens with zero attached hydrogens (tertiary/aromatic N) is 5. The van der Waals surface area contributed by atoms with E-state index in [-0.39, 0.29) is 30.4 Å². The van der Waals surface area contributed by atoms with Gasteiger partial charge in [0.2, 0.25) is 10.0 Å². The summed E-state index contributed by atoms with van der Waals surface area (Å²) in [4.78, 5) is 18.5. The molecule has 32 heavy (non-hydrogen) atoms. The monoisotopic (exact) mass is 469 g/mol. The van der Waals surface area contributed by atoms with Crippen LogP contribution in [0.1, 0.15) is 17.3 Å². The zero-order valence-electron chi connectivity index (χ0n) is 16.7. The van der Waals surface area contributed by atoms with Crippen LogP contribution in [0.4, 0.5) is 13.2 Å². The van der Waals surface area contributed by atoms with Crippen molar-refractivity contribution < 1.29 is 31.1 Å². The Labute approximate surface area is 181 Å². The molecule has 1 unspecified atom stereocenters. The Balaban J connectivity index is 1.48. The van der Waals surface area contributed by atoms with Crippen molar-refractivity contribution >= 4 is 21.6 Å². The van der Waals surface area contributed by atoms with Crippen molar-refractivity contribution in [2.75, 3.05) is 19.6 Å². The molecule has 0 saturated carbocycles. The van der Waals surface area contributed by atoms with Crippen LogP contribution in [0.2, 0.25) is 0 Å². The van der Waals surface area contributed by atoms with E-state index in [1.807, 2.05) is 0 Å². The Morgan fingerprint density at radius 1 is 1.19 bits per heavy atom. The van der Waals surface area contributed by atoms with E-state index in [0.717, 1.165) is 24.3 Å². The molecule has 4 rings (SSSR count). The van der Waals surface area contributed by atoms with E-state index in [2.05, 4.69) is 14.8 Å². The molecule has 9 nitrogen and oxygen atoms in total. The number of hydrogen-bond donors (Lipinski definition) is 0. The van der Waals surface area contributed by atoms with Gasteiger partial charge in [0.1, 0.15) is 11.3 Å². The van der Waals surface area contributed by atoms with Crippen LogP contribution in [-0.4, -0.2) is 70.2 Å². The lowest BCUT2D eigenvalue weighted by molar-refractivity contribution is -0.274. The Morgan fingerprint density at radius 2 is 1.91 bits per heavy atom. The van der Waals surface area contributed by atoms with Crippen molar-refractivity contribution in [2.24, 2.45) is 0 Å². The minimum atomic E-state index is -4.87. The standard InChI is InChI=1S/C19H18F3N5O4S/c1-13-12-25(18(28)16-11-24-26-8-2-7-23-17(16)26)9-10-27(13)32(29,30)15-5-3-14(4-6-15)31-19(20,21)22/h2-8,11,13H,9-10,12H2,1H3. The van der Waals surface area contributed by atoms with Gasteiger partial charge in [-0.25, -0.2) is 17.9 Å². The molecule has 1 saturated heterocycles. The lowest BCUT2D eigenvalue weighted by Gasteiger charge is -2.38. The zero-order chi connectivity index (χ0) is 23.1. The second-order valence-corrected chi connectivity index (χ2v) is 9.07. The van der Waals surface area contributed by atoms with Gasteiger partial charge in [0.25, 0.3) is 5.91 Å². The number of alkyl halides is 3. The number of amides is 1. The summed E-state index contributed by atoms with van der Waals surface area (Å²) in [6, 6.07) is 5.14. The number of aromatic nitrogens is 3. The van der Waals surface area contributed by atoms with Crippen LogP contribution in [0.3, 0.4) is 0 Å². The van der Waals surface area contributed by atoms with Crippen LogP contribution in [0.5, 0.6) is 5.75 Å². The second kappa shape index (κ2) is 8.06. The fourth-order valence-electron chi connectivity index (χ4n) is 3.58. The van der Waals surface area contributed by atoms with Crippen LogP contribution in [0.25, 0.3) is 5.65 Å². The smallest absolute Gasteiger partial charge is 0.406 e. The van der Waals surface area contributed by atoms with Gasteiger partial charge in [-0.3, -0.25) is 4.79 Å². The fraction of sp³-hybridized carbons (Fsp3) is 0.316. The van der Waals surface area contributed by atoms with Crippen molar-refractivity contribution in [3.05, 3.63) is 54.5 Å². The first-order chi connectivity index (χ1) is 15.1. The summed E-state index contributed by atoms with van der Waals surface area (Å²) < 4.78 is 69.5. The molecule has 3 aromatic rings. The maximum Gasteiger partial charge on any atom is 0.573 e. The van der Waals surface area contributed by atoms with Gasteiger partial charge in [0.05, 0.1) is 11.1 Å². The summed E-state index contributed by atoms with van der Waals surface area (Å²) in [5.74, 6) is -0.821. The van der Waals surface area contributed by atoms with Crippen LogP contribution in [-0.2, 0) is 10.0 Å². The van der Waals surface area contributed by atoms with E-state index < -0.39 is 28.2 Å². The predicted octanol–water partition coefficient (Wildman–Crippen LogP) is 2.16. The number of piperazine rings is 1. The number of fused-ring (bicyclic) bond motifs is 1. The lowest BCUT2D eigenvalue weighted by atomic mass is 10.2. The number of sulfonamides is 1. The summed E-state index contributed by atoms with van der Waals surface area (Å²) >= 11 is 0. The molecule has 0 radical (unpaired) electrons. The van der Waals surface area contributed by atoms with Gasteiger partial charge in [-0.2, -0.15) is 9.40 Å². The average Bonchev–Trinajstić information content (AvgIpc) is 3.16. The highest BCUT2D eigenvalue weighted by atomic mass is 32.2. The van der Waals surface area contributed by atoms with Crippen molar-refractivity contribution in [3.8, 4) is 5.75 Å². The molecule has 3 heterocycles. The van der Waals surface area contributed by atoms with E-state index in [1.54, 1.807) is 25.4 Å². The van der Waals surface area contributed by atoms with E-state index in [0.29, 0.717) is 11.2 Å². The lowest BCUT2D eigenvalue weighted by Crippen LogP contribution is -2.55. The normalized spacial score (nSPS) is 18.1. The van der Waals surface area contributed by atoms with E-state index in [9.17, 15) is 26.4 Å². The van der Waals surface area contributed by atoms with E-state index >= 15 is 0 Å². The number of ether oxygens (including phenoxy) is 1. The van der Waals surface area contributed by atoms with Gasteiger partial charge in [-0.15, -0.1) is 13.2 Å². The Morgan fingerprint density at radius 3 is 2.56 bits per heavy atom. The molecule has 1 amide bonds. The molecule has 1 aliphatic heterocycles. The molecule has 13 heteroatoms. The molecule has 0 spiro atoms. The molecule has 1 atom stereocenters. The largest absolute Gasteiger partial charge is 0.573 e. The van der Waals surface area contributed by atoms with Gasteiger partial charge < -0.3 is 9.64 Å². The predicted molar refractivity (Wildman–Crippen MR) is 105 cm³/mol. The summed E-state index contributed by atoms with van der Waals surface area (Å²) in [7, 11) is -3.98. The highest BCUT2D eigenvalue weighted by Gasteiger charge is 2.36. The van der Waals surface area contributed by atoms with Crippen LogP contribution < -0.4 is 4.74 Å². The van der Waals surface area contributed by atoms with Crippen LogP contribution >= 0.6 is 0 Å². The number of carbonyl (C=O) groups is 1. The van der Waals surface area contributed by atoms with Gasteiger partial charge in [-0.1, -0.05) is 0 Å². The molecule has 0 aliphatic carbocycles. The van der Waals surface area contributed by atoms with Gasteiger partial charge in [0, 0.05) is 38.1 Å². The minimum Gasteiger partial charge on any atom is -0.406 e. The Kier molecular flexibility index (Phi) is 5.54. The first kappa shape index (κ1) is 22.0. The third-order valence-corrected chi connectivity index (χ3v) is 7.06. The van der Waals surface area contributed by atoms with Crippen LogP contribution in [0, 0.1) is 0 Å². The molecular weight excluding hydrogens is 451 g/mol. The summed E-state index contributed by atoms with van der Waals surface area (Å²) in [6.45, 7) is 1.97. The van der Waals surface area contributed by atoms with Gasteiger partial charge in [0.15, 0.2) is 5.65 Å². The summed E-state index contributed by atoms with van der Waals surface area (Å²) in [5.41, 5.74) is 0.718. The Bertz CT molecular complexity index is 1240. The number of hydrogen-bond acceptors (Lipinski definition) is 6. The molecule has 1 aromatic carbocycles. The zero-order valence-corrected chi connectivity index (χ0v) is 17.5. The quantitative estimate of drug-likeness (QED) is 0.581. The van der Waals surface area contributed by atoms with Crippen molar-refractivity contribution in [3.63, 3.8) is 0 Å². The summed E-state index contributed by atoms with van der Waals surface area (Å²) in [5, 5.41) is 4.10. The second-order valence-electron chi connectivity index (χ2n) is 7.18. The van der Waals surface area contributed by atoms with Gasteiger partial charge in [-0.05, 0) is 37.3 Å². The van der Waals surface area contributed by atoms with Crippen molar-refractivity contribution in [1.29, 1.82) is 0 Å². The fourth-order valence-corrected chi connectivity index (χ4v) is 5.19. The van der Waals surface area contributed by atoms with Gasteiger partial charge >= 0.3 is 6.36 Å². The third kappa shape index (κ3) is 4.25. The number of carbonyl (C=O) groups excluding carboxylic acids is 1. The highest BCUT2D eigenvalue weighted by Crippen LogP contribution is 2.27. The molecule has 0 N–H and O–H groups in total. The molecule has 1 aliphatic rings. The van der Waals surface area contributed by atoms with Crippen LogP contribution in [0.15, 0.2) is 53.8 Å². The maximum absolute atomic E-state index is 13.0. The topological polar surface area (TPSA) is 97.1 Å². The van der Waals surface area contributed by atoms with Crippen molar-refractivity contribution in [1.82, 2.24) is 23.8 Å². The molecule has 0 bridgehead atoms. The van der Waals surface area contributed by atoms with E-state index in [4.69, 9.17) is 0 Å². The minimum absolute atomic E-state index is 0.0304. The number of benzene rings is 1. The molecular formula is C19H18F3N5O4S. The Hall–Kier alpha value is -3.19. The first-order valence-corrected chi connectivity index (χ1v) is 11.0. The first-order valence-electron chi connectivity index (χ1n) is 9.51. The van der Waals surface area contributed by atoms with Crippen molar-refractivity contribution in [2.45, 2.75) is 24.2 Å². The molecule has 1 fully saturated rings. The number of halogens is 3. The average molecular weight is 469 g/mol. The number of rotatable bonds is 4. The third-order valence-electron chi connectivity index (χ3n) is 5.03. The molecule has 170 valence electrons.